The zero-order valence-corrected chi connectivity index (χ0v) is 13.7. The second-order valence-corrected chi connectivity index (χ2v) is 7.41. The van der Waals surface area contributed by atoms with Gasteiger partial charge in [-0.3, -0.25) is 4.79 Å². The molecule has 104 valence electrons. The Morgan fingerprint density at radius 2 is 2.21 bits per heavy atom. The van der Waals surface area contributed by atoms with Crippen molar-refractivity contribution in [1.82, 2.24) is 4.90 Å². The second-order valence-electron chi connectivity index (χ2n) is 4.45. The van der Waals surface area contributed by atoms with Crippen LogP contribution in [0, 0.1) is 0 Å². The molecule has 0 unspecified atom stereocenters. The average Bonchev–Trinajstić information content (AvgIpc) is 2.84. The van der Waals surface area contributed by atoms with E-state index in [-0.39, 0.29) is 10.7 Å². The van der Waals surface area contributed by atoms with E-state index in [1.165, 1.54) is 11.3 Å². The Morgan fingerprint density at radius 3 is 2.63 bits per heavy atom. The number of amides is 1. The maximum atomic E-state index is 12.3. The molecule has 0 saturated carbocycles. The van der Waals surface area contributed by atoms with E-state index >= 15 is 0 Å². The summed E-state index contributed by atoms with van der Waals surface area (Å²) in [7, 11) is 0. The summed E-state index contributed by atoms with van der Waals surface area (Å²) in [5, 5.41) is 2.37. The Labute approximate surface area is 131 Å². The summed E-state index contributed by atoms with van der Waals surface area (Å²) in [5.41, 5.74) is 5.84. The van der Waals surface area contributed by atoms with Crippen molar-refractivity contribution in [3.63, 3.8) is 0 Å². The van der Waals surface area contributed by atoms with Crippen LogP contribution >= 0.6 is 46.9 Å². The Hall–Kier alpha value is -0.300. The summed E-state index contributed by atoms with van der Waals surface area (Å²) in [4.78, 5) is 15.3. The van der Waals surface area contributed by atoms with E-state index in [4.69, 9.17) is 29.6 Å². The van der Waals surface area contributed by atoms with Crippen LogP contribution in [-0.2, 0) is 0 Å². The normalized spacial score (nSPS) is 18.3. The Bertz CT molecular complexity index is 495. The molecule has 1 aliphatic rings. The van der Waals surface area contributed by atoms with Gasteiger partial charge in [0.2, 0.25) is 0 Å². The topological polar surface area (TPSA) is 46.3 Å². The average molecular weight is 335 g/mol. The van der Waals surface area contributed by atoms with Crippen molar-refractivity contribution in [2.45, 2.75) is 17.6 Å². The number of carbonyl (C=O) groups excluding carboxylic acids is 1. The summed E-state index contributed by atoms with van der Waals surface area (Å²) >= 11 is 14.2. The van der Waals surface area contributed by atoms with Crippen LogP contribution in [0.5, 0.6) is 0 Å². The summed E-state index contributed by atoms with van der Waals surface area (Å²) in [6.45, 7) is 1.34. The summed E-state index contributed by atoms with van der Waals surface area (Å²) < 4.78 is -0.161. The highest BCUT2D eigenvalue weighted by Crippen LogP contribution is 2.36. The third-order valence-electron chi connectivity index (χ3n) is 3.51. The molecule has 3 nitrogen and oxygen atoms in total. The minimum atomic E-state index is -0.161. The van der Waals surface area contributed by atoms with Gasteiger partial charge in [-0.1, -0.05) is 23.8 Å². The maximum Gasteiger partial charge on any atom is 0.265 e. The molecule has 0 atom stereocenters. The number of rotatable bonds is 3. The van der Waals surface area contributed by atoms with Gasteiger partial charge in [-0.2, -0.15) is 11.8 Å². The number of thiocarbonyl (C=S) groups is 1. The molecule has 0 radical (unpaired) electrons. The van der Waals surface area contributed by atoms with E-state index in [2.05, 4.69) is 0 Å². The van der Waals surface area contributed by atoms with Gasteiger partial charge in [0, 0.05) is 13.1 Å². The number of nitrogens with two attached hydrogens (primary N) is 1. The van der Waals surface area contributed by atoms with Gasteiger partial charge in [0.1, 0.15) is 4.88 Å². The number of halogens is 1. The van der Waals surface area contributed by atoms with Crippen molar-refractivity contribution in [2.24, 2.45) is 5.73 Å². The highest BCUT2D eigenvalue weighted by atomic mass is 35.5. The molecule has 1 aromatic heterocycles. The van der Waals surface area contributed by atoms with Crippen molar-refractivity contribution < 1.29 is 4.79 Å². The lowest BCUT2D eigenvalue weighted by Gasteiger charge is -2.39. The van der Waals surface area contributed by atoms with Crippen molar-refractivity contribution in [2.75, 3.05) is 19.3 Å². The van der Waals surface area contributed by atoms with Gasteiger partial charge in [0.25, 0.3) is 5.91 Å². The Balaban J connectivity index is 2.06. The van der Waals surface area contributed by atoms with E-state index in [0.29, 0.717) is 28.0 Å². The minimum Gasteiger partial charge on any atom is -0.392 e. The molecule has 2 heterocycles. The predicted octanol–water partition coefficient (Wildman–Crippen LogP) is 3.03. The standard InChI is InChI=1S/C12H15ClN2OS3/c1-18-12(11(14)17)3-5-15(6-4-12)10(16)9-8(13)2-7-19-9/h2,7H,3-6H2,1H3,(H2,14,17). The zero-order chi connectivity index (χ0) is 14.0. The van der Waals surface area contributed by atoms with Crippen LogP contribution in [-0.4, -0.2) is 39.9 Å². The van der Waals surface area contributed by atoms with E-state index in [9.17, 15) is 4.79 Å². The van der Waals surface area contributed by atoms with Crippen LogP contribution in [0.3, 0.4) is 0 Å². The van der Waals surface area contributed by atoms with E-state index in [0.717, 1.165) is 12.8 Å². The van der Waals surface area contributed by atoms with Gasteiger partial charge < -0.3 is 10.6 Å². The third-order valence-corrected chi connectivity index (χ3v) is 6.77. The highest BCUT2D eigenvalue weighted by Gasteiger charge is 2.38. The smallest absolute Gasteiger partial charge is 0.265 e. The molecule has 1 amide bonds. The highest BCUT2D eigenvalue weighted by molar-refractivity contribution is 8.02. The van der Waals surface area contributed by atoms with Gasteiger partial charge in [0.15, 0.2) is 0 Å². The fourth-order valence-corrected chi connectivity index (χ4v) is 4.56. The molecule has 1 aliphatic heterocycles. The van der Waals surface area contributed by atoms with Crippen LogP contribution in [0.4, 0.5) is 0 Å². The largest absolute Gasteiger partial charge is 0.392 e. The SMILES string of the molecule is CSC1(C(N)=S)CCN(C(=O)c2sccc2Cl)CC1. The number of carbonyl (C=O) groups is 1. The molecule has 1 saturated heterocycles. The third kappa shape index (κ3) is 2.91. The summed E-state index contributed by atoms with van der Waals surface area (Å²) in [6.07, 6.45) is 3.63. The predicted molar refractivity (Wildman–Crippen MR) is 87.5 cm³/mol. The van der Waals surface area contributed by atoms with Crippen LogP contribution in [0.25, 0.3) is 0 Å². The van der Waals surface area contributed by atoms with Gasteiger partial charge in [0.05, 0.1) is 14.8 Å². The Morgan fingerprint density at radius 1 is 1.58 bits per heavy atom. The molecule has 0 aromatic carbocycles. The molecule has 2 N–H and O–H groups in total. The molecular formula is C12H15ClN2OS3. The van der Waals surface area contributed by atoms with Crippen molar-refractivity contribution >= 4 is 57.8 Å². The van der Waals surface area contributed by atoms with Crippen molar-refractivity contribution in [3.8, 4) is 0 Å². The first kappa shape index (κ1) is 15.1. The number of piperidine rings is 1. The number of hydrogen-bond acceptors (Lipinski definition) is 4. The van der Waals surface area contributed by atoms with Crippen LogP contribution in [0.1, 0.15) is 22.5 Å². The number of hydrogen-bond donors (Lipinski definition) is 1. The number of likely N-dealkylation sites (tertiary alicyclic amines) is 1. The number of thioether (sulfide) groups is 1. The molecule has 7 heteroatoms. The Kier molecular flexibility index (Phi) is 4.76. The maximum absolute atomic E-state index is 12.3. The molecular weight excluding hydrogens is 320 g/mol. The first-order valence-electron chi connectivity index (χ1n) is 5.87. The fourth-order valence-electron chi connectivity index (χ4n) is 2.21. The number of thiophene rings is 1. The molecule has 1 fully saturated rings. The van der Waals surface area contributed by atoms with Crippen LogP contribution in [0.15, 0.2) is 11.4 Å². The monoisotopic (exact) mass is 334 g/mol. The number of nitrogens with zero attached hydrogens (tertiary/aromatic N) is 1. The molecule has 2 rings (SSSR count). The van der Waals surface area contributed by atoms with Crippen molar-refractivity contribution in [3.05, 3.63) is 21.3 Å². The molecule has 0 spiro atoms. The van der Waals surface area contributed by atoms with Gasteiger partial charge in [-0.05, 0) is 30.5 Å². The first-order valence-corrected chi connectivity index (χ1v) is 8.76. The van der Waals surface area contributed by atoms with Crippen molar-refractivity contribution in [1.29, 1.82) is 0 Å². The van der Waals surface area contributed by atoms with E-state index < -0.39 is 0 Å². The van der Waals surface area contributed by atoms with Crippen LogP contribution < -0.4 is 5.73 Å². The molecule has 0 bridgehead atoms. The lowest BCUT2D eigenvalue weighted by Crippen LogP contribution is -2.50. The lowest BCUT2D eigenvalue weighted by molar-refractivity contribution is 0.0724. The zero-order valence-electron chi connectivity index (χ0n) is 10.5. The van der Waals surface area contributed by atoms with Gasteiger partial charge >= 0.3 is 0 Å². The fraction of sp³-hybridized carbons (Fsp3) is 0.500. The summed E-state index contributed by atoms with van der Waals surface area (Å²) in [5.74, 6) is 0.0117. The van der Waals surface area contributed by atoms with E-state index in [1.54, 1.807) is 17.8 Å². The molecule has 19 heavy (non-hydrogen) atoms. The van der Waals surface area contributed by atoms with Gasteiger partial charge in [-0.25, -0.2) is 0 Å². The lowest BCUT2D eigenvalue weighted by atomic mass is 9.95. The van der Waals surface area contributed by atoms with E-state index in [1.807, 2.05) is 16.5 Å². The molecule has 1 aromatic rings. The summed E-state index contributed by atoms with van der Waals surface area (Å²) in [6, 6.07) is 1.75. The molecule has 0 aliphatic carbocycles. The first-order chi connectivity index (χ1) is 9.00. The second kappa shape index (κ2) is 5.99. The quantitative estimate of drug-likeness (QED) is 0.863. The van der Waals surface area contributed by atoms with Gasteiger partial charge in [-0.15, -0.1) is 11.3 Å². The minimum absolute atomic E-state index is 0.0117. The van der Waals surface area contributed by atoms with Crippen LogP contribution in [0.2, 0.25) is 5.02 Å².